The Morgan fingerprint density at radius 1 is 1.48 bits per heavy atom. The van der Waals surface area contributed by atoms with Crippen molar-refractivity contribution in [3.8, 4) is 0 Å². The van der Waals surface area contributed by atoms with Gasteiger partial charge in [-0.2, -0.15) is 0 Å². The lowest BCUT2D eigenvalue weighted by Gasteiger charge is -2.12. The second-order valence-corrected chi connectivity index (χ2v) is 7.74. The molecule has 0 aliphatic carbocycles. The van der Waals surface area contributed by atoms with Gasteiger partial charge in [-0.25, -0.2) is 18.4 Å². The average molecular weight is 308 g/mol. The smallest absolute Gasteiger partial charge is 0.160 e. The van der Waals surface area contributed by atoms with Crippen LogP contribution in [0.25, 0.3) is 11.2 Å². The molecule has 1 unspecified atom stereocenters. The molecule has 0 saturated carbocycles. The zero-order chi connectivity index (χ0) is 14.9. The predicted octanol–water partition coefficient (Wildman–Crippen LogP) is 1.12. The van der Waals surface area contributed by atoms with Gasteiger partial charge in [-0.15, -0.1) is 0 Å². The van der Waals surface area contributed by atoms with E-state index in [1.165, 1.54) is 0 Å². The molecule has 7 heteroatoms. The molecule has 1 aliphatic heterocycles. The summed E-state index contributed by atoms with van der Waals surface area (Å²) < 4.78 is 25.1. The average Bonchev–Trinajstić information content (AvgIpc) is 2.98. The molecule has 0 spiro atoms. The maximum absolute atomic E-state index is 11.5. The summed E-state index contributed by atoms with van der Waals surface area (Å²) in [6.07, 6.45) is 3.47. The van der Waals surface area contributed by atoms with Crippen molar-refractivity contribution < 1.29 is 8.42 Å². The highest BCUT2D eigenvalue weighted by Crippen LogP contribution is 2.16. The van der Waals surface area contributed by atoms with E-state index in [0.29, 0.717) is 13.0 Å². The van der Waals surface area contributed by atoms with E-state index in [0.717, 1.165) is 30.0 Å². The van der Waals surface area contributed by atoms with Crippen molar-refractivity contribution in [3.63, 3.8) is 0 Å². The van der Waals surface area contributed by atoms with Crippen molar-refractivity contribution in [2.45, 2.75) is 38.9 Å². The molecule has 2 aromatic heterocycles. The van der Waals surface area contributed by atoms with Crippen molar-refractivity contribution >= 4 is 21.0 Å². The van der Waals surface area contributed by atoms with Crippen LogP contribution in [0, 0.1) is 0 Å². The van der Waals surface area contributed by atoms with Crippen LogP contribution in [0.15, 0.2) is 18.3 Å². The molecule has 114 valence electrons. The van der Waals surface area contributed by atoms with Crippen LogP contribution in [-0.4, -0.2) is 40.5 Å². The maximum Gasteiger partial charge on any atom is 0.160 e. The van der Waals surface area contributed by atoms with E-state index < -0.39 is 9.84 Å². The van der Waals surface area contributed by atoms with Crippen LogP contribution < -0.4 is 5.32 Å². The molecule has 0 amide bonds. The number of hydrogen-bond acceptors (Lipinski definition) is 5. The van der Waals surface area contributed by atoms with Crippen molar-refractivity contribution in [1.82, 2.24) is 19.9 Å². The van der Waals surface area contributed by atoms with Crippen LogP contribution in [0.4, 0.5) is 0 Å². The molecule has 21 heavy (non-hydrogen) atoms. The Labute approximate surface area is 124 Å². The number of nitrogens with one attached hydrogen (secondary N) is 1. The Morgan fingerprint density at radius 3 is 3.05 bits per heavy atom. The van der Waals surface area contributed by atoms with Crippen LogP contribution in [0.3, 0.4) is 0 Å². The van der Waals surface area contributed by atoms with Crippen LogP contribution >= 0.6 is 0 Å². The molecule has 1 saturated heterocycles. The fourth-order valence-corrected chi connectivity index (χ4v) is 4.50. The topological polar surface area (TPSA) is 76.9 Å². The van der Waals surface area contributed by atoms with E-state index >= 15 is 0 Å². The first kappa shape index (κ1) is 14.5. The minimum absolute atomic E-state index is 0.0397. The standard InChI is InChI=1S/C14H20N4O2S/c1-2-7-18-13(17-12-4-3-6-15-14(12)18)9-16-11-5-8-21(19,20)10-11/h3-4,6,11,16H,2,5,7-10H2,1H3. The minimum atomic E-state index is -2.85. The zero-order valence-corrected chi connectivity index (χ0v) is 12.9. The molecule has 6 nitrogen and oxygen atoms in total. The number of sulfone groups is 1. The van der Waals surface area contributed by atoms with E-state index in [1.54, 1.807) is 6.20 Å². The highest BCUT2D eigenvalue weighted by molar-refractivity contribution is 7.91. The van der Waals surface area contributed by atoms with Crippen LogP contribution in [0.5, 0.6) is 0 Å². The van der Waals surface area contributed by atoms with Gasteiger partial charge in [-0.1, -0.05) is 6.92 Å². The summed E-state index contributed by atoms with van der Waals surface area (Å²) in [7, 11) is -2.85. The first-order valence-corrected chi connectivity index (χ1v) is 9.15. The largest absolute Gasteiger partial charge is 0.312 e. The van der Waals surface area contributed by atoms with Gasteiger partial charge in [0.05, 0.1) is 18.1 Å². The summed E-state index contributed by atoms with van der Waals surface area (Å²) in [4.78, 5) is 9.02. The molecule has 3 heterocycles. The van der Waals surface area contributed by atoms with Gasteiger partial charge in [-0.05, 0) is 25.0 Å². The van der Waals surface area contributed by atoms with Gasteiger partial charge in [0.15, 0.2) is 15.5 Å². The third kappa shape index (κ3) is 3.08. The summed E-state index contributed by atoms with van der Waals surface area (Å²) in [5, 5.41) is 3.32. The number of fused-ring (bicyclic) bond motifs is 1. The zero-order valence-electron chi connectivity index (χ0n) is 12.1. The maximum atomic E-state index is 11.5. The number of pyridine rings is 1. The van der Waals surface area contributed by atoms with Gasteiger partial charge in [0.1, 0.15) is 11.3 Å². The lowest BCUT2D eigenvalue weighted by atomic mass is 10.2. The predicted molar refractivity (Wildman–Crippen MR) is 81.7 cm³/mol. The molecule has 1 aliphatic rings. The summed E-state index contributed by atoms with van der Waals surface area (Å²) in [5.74, 6) is 1.45. The Balaban J connectivity index is 1.78. The molecule has 1 N–H and O–H groups in total. The van der Waals surface area contributed by atoms with E-state index in [9.17, 15) is 8.42 Å². The van der Waals surface area contributed by atoms with Gasteiger partial charge >= 0.3 is 0 Å². The number of imidazole rings is 1. The van der Waals surface area contributed by atoms with Gasteiger partial charge in [0.25, 0.3) is 0 Å². The molecule has 1 fully saturated rings. The molecule has 0 bridgehead atoms. The number of nitrogens with zero attached hydrogens (tertiary/aromatic N) is 3. The third-order valence-corrected chi connectivity index (χ3v) is 5.58. The van der Waals surface area contributed by atoms with E-state index in [1.807, 2.05) is 12.1 Å². The molecule has 1 atom stereocenters. The van der Waals surface area contributed by atoms with Crippen molar-refractivity contribution in [2.24, 2.45) is 0 Å². The number of aryl methyl sites for hydroxylation is 1. The normalized spacial score (nSPS) is 21.1. The van der Waals surface area contributed by atoms with E-state index in [-0.39, 0.29) is 17.5 Å². The lowest BCUT2D eigenvalue weighted by Crippen LogP contribution is -2.30. The summed E-state index contributed by atoms with van der Waals surface area (Å²) >= 11 is 0. The van der Waals surface area contributed by atoms with Crippen molar-refractivity contribution in [2.75, 3.05) is 11.5 Å². The highest BCUT2D eigenvalue weighted by atomic mass is 32.2. The Kier molecular flexibility index (Phi) is 3.95. The van der Waals surface area contributed by atoms with Gasteiger partial charge in [0, 0.05) is 18.8 Å². The molecular formula is C14H20N4O2S. The number of hydrogen-bond donors (Lipinski definition) is 1. The number of rotatable bonds is 5. The molecule has 0 radical (unpaired) electrons. The molecule has 0 aromatic carbocycles. The highest BCUT2D eigenvalue weighted by Gasteiger charge is 2.27. The van der Waals surface area contributed by atoms with Crippen LogP contribution in [-0.2, 0) is 22.9 Å². The van der Waals surface area contributed by atoms with E-state index in [4.69, 9.17) is 0 Å². The Morgan fingerprint density at radius 2 is 2.33 bits per heavy atom. The Bertz CT molecular complexity index is 739. The summed E-state index contributed by atoms with van der Waals surface area (Å²) in [5.41, 5.74) is 1.79. The molecule has 3 rings (SSSR count). The minimum Gasteiger partial charge on any atom is -0.312 e. The first-order valence-electron chi connectivity index (χ1n) is 7.33. The lowest BCUT2D eigenvalue weighted by molar-refractivity contribution is 0.523. The van der Waals surface area contributed by atoms with Crippen molar-refractivity contribution in [1.29, 1.82) is 0 Å². The second kappa shape index (κ2) is 5.73. The van der Waals surface area contributed by atoms with Crippen LogP contribution in [0.1, 0.15) is 25.6 Å². The van der Waals surface area contributed by atoms with Gasteiger partial charge < -0.3 is 9.88 Å². The first-order chi connectivity index (χ1) is 10.1. The summed E-state index contributed by atoms with van der Waals surface area (Å²) in [6.45, 7) is 3.57. The van der Waals surface area contributed by atoms with Crippen molar-refractivity contribution in [3.05, 3.63) is 24.2 Å². The fourth-order valence-electron chi connectivity index (χ4n) is 2.79. The fraction of sp³-hybridized carbons (Fsp3) is 0.571. The third-order valence-electron chi connectivity index (χ3n) is 3.81. The summed E-state index contributed by atoms with van der Waals surface area (Å²) in [6, 6.07) is 3.88. The van der Waals surface area contributed by atoms with Gasteiger partial charge in [0.2, 0.25) is 0 Å². The molecule has 2 aromatic rings. The quantitative estimate of drug-likeness (QED) is 0.895. The second-order valence-electron chi connectivity index (χ2n) is 5.51. The van der Waals surface area contributed by atoms with Crippen LogP contribution in [0.2, 0.25) is 0 Å². The van der Waals surface area contributed by atoms with E-state index in [2.05, 4.69) is 26.8 Å². The van der Waals surface area contributed by atoms with Gasteiger partial charge in [-0.3, -0.25) is 0 Å². The Hall–Kier alpha value is -1.47. The molecular weight excluding hydrogens is 288 g/mol. The number of aromatic nitrogens is 3. The SMILES string of the molecule is CCCn1c(CNC2CCS(=O)(=O)C2)nc2cccnc21. The monoisotopic (exact) mass is 308 g/mol.